The molecule has 0 unspecified atom stereocenters. The van der Waals surface area contributed by atoms with Crippen molar-refractivity contribution in [2.24, 2.45) is 7.05 Å². The third-order valence-corrected chi connectivity index (χ3v) is 6.63. The van der Waals surface area contributed by atoms with Crippen molar-refractivity contribution in [2.45, 2.75) is 18.9 Å². The van der Waals surface area contributed by atoms with Crippen molar-refractivity contribution in [2.75, 3.05) is 25.0 Å². The Hall–Kier alpha value is -3.11. The highest BCUT2D eigenvalue weighted by molar-refractivity contribution is 7.12. The highest BCUT2D eigenvalue weighted by Gasteiger charge is 2.29. The minimum Gasteiger partial charge on any atom is -0.370 e. The number of anilines is 1. The molecule has 6 nitrogen and oxygen atoms in total. The van der Waals surface area contributed by atoms with E-state index in [1.54, 1.807) is 7.05 Å². The molecule has 0 atom stereocenters. The third kappa shape index (κ3) is 3.30. The second kappa shape index (κ2) is 7.72. The van der Waals surface area contributed by atoms with Crippen LogP contribution in [-0.4, -0.2) is 41.6 Å². The number of carbonyl (C=O) groups is 1. The van der Waals surface area contributed by atoms with Crippen LogP contribution in [0, 0.1) is 11.3 Å². The van der Waals surface area contributed by atoms with Crippen LogP contribution in [0.25, 0.3) is 10.9 Å². The average Bonchev–Trinajstić information content (AvgIpc) is 3.30. The van der Waals surface area contributed by atoms with E-state index in [4.69, 9.17) is 0 Å². The summed E-state index contributed by atoms with van der Waals surface area (Å²) in [5.41, 5.74) is 1.39. The van der Waals surface area contributed by atoms with Gasteiger partial charge in [0.25, 0.3) is 11.5 Å². The van der Waals surface area contributed by atoms with Gasteiger partial charge in [0, 0.05) is 38.6 Å². The molecule has 3 aromatic rings. The number of likely N-dealkylation sites (tertiary alicyclic amines) is 1. The summed E-state index contributed by atoms with van der Waals surface area (Å²) in [6.07, 6.45) is 1.59. The molecule has 1 saturated heterocycles. The number of para-hydroxylation sites is 1. The second-order valence-electron chi connectivity index (χ2n) is 7.33. The van der Waals surface area contributed by atoms with E-state index >= 15 is 0 Å². The normalized spacial score (nSPS) is 14.7. The standard InChI is InChI=1S/C22H22N4O2S/c1-24(15-9-11-26(12-10-15)22(28)19-8-5-13-29-19)20-16-6-3-4-7-18(16)25(2)21(27)17(20)14-23/h3-8,13,15H,9-12H2,1-2H3. The lowest BCUT2D eigenvalue weighted by atomic mass is 10.00. The molecule has 0 spiro atoms. The minimum absolute atomic E-state index is 0.0813. The first-order valence-corrected chi connectivity index (χ1v) is 10.5. The van der Waals surface area contributed by atoms with Crippen molar-refractivity contribution < 1.29 is 4.79 Å². The molecule has 0 aliphatic carbocycles. The number of piperidine rings is 1. The molecule has 29 heavy (non-hydrogen) atoms. The number of carbonyl (C=O) groups excluding carboxylic acids is 1. The van der Waals surface area contributed by atoms with Gasteiger partial charge in [0.2, 0.25) is 0 Å². The highest BCUT2D eigenvalue weighted by Crippen LogP contribution is 2.31. The van der Waals surface area contributed by atoms with Gasteiger partial charge in [0.15, 0.2) is 0 Å². The number of aryl methyl sites for hydroxylation is 1. The van der Waals surface area contributed by atoms with Gasteiger partial charge < -0.3 is 14.4 Å². The van der Waals surface area contributed by atoms with Crippen molar-refractivity contribution in [1.29, 1.82) is 5.26 Å². The van der Waals surface area contributed by atoms with Crippen LogP contribution in [-0.2, 0) is 7.05 Å². The summed E-state index contributed by atoms with van der Waals surface area (Å²) in [6, 6.07) is 13.7. The van der Waals surface area contributed by atoms with Crippen molar-refractivity contribution in [3.05, 3.63) is 62.6 Å². The highest BCUT2D eigenvalue weighted by atomic mass is 32.1. The predicted molar refractivity (Wildman–Crippen MR) is 116 cm³/mol. The lowest BCUT2D eigenvalue weighted by Crippen LogP contribution is -2.46. The zero-order valence-corrected chi connectivity index (χ0v) is 17.3. The van der Waals surface area contributed by atoms with Gasteiger partial charge in [-0.3, -0.25) is 9.59 Å². The molecule has 1 aliphatic heterocycles. The minimum atomic E-state index is -0.279. The summed E-state index contributed by atoms with van der Waals surface area (Å²) < 4.78 is 1.54. The number of pyridine rings is 1. The van der Waals surface area contributed by atoms with Gasteiger partial charge in [-0.15, -0.1) is 11.3 Å². The zero-order chi connectivity index (χ0) is 20.5. The van der Waals surface area contributed by atoms with E-state index in [1.165, 1.54) is 15.9 Å². The van der Waals surface area contributed by atoms with Crippen LogP contribution >= 0.6 is 11.3 Å². The van der Waals surface area contributed by atoms with E-state index in [0.29, 0.717) is 18.8 Å². The molecule has 1 aromatic carbocycles. The molecular formula is C22H22N4O2S. The van der Waals surface area contributed by atoms with E-state index in [1.807, 2.05) is 53.7 Å². The van der Waals surface area contributed by atoms with Gasteiger partial charge in [-0.05, 0) is 30.4 Å². The van der Waals surface area contributed by atoms with E-state index in [-0.39, 0.29) is 23.1 Å². The maximum Gasteiger partial charge on any atom is 0.270 e. The van der Waals surface area contributed by atoms with Crippen LogP contribution in [0.5, 0.6) is 0 Å². The van der Waals surface area contributed by atoms with Crippen molar-refractivity contribution in [3.63, 3.8) is 0 Å². The Morgan fingerprint density at radius 2 is 1.93 bits per heavy atom. The largest absolute Gasteiger partial charge is 0.370 e. The Bertz CT molecular complexity index is 1150. The van der Waals surface area contributed by atoms with Gasteiger partial charge in [0.05, 0.1) is 16.1 Å². The summed E-state index contributed by atoms with van der Waals surface area (Å²) in [6.45, 7) is 1.33. The Balaban J connectivity index is 1.63. The Morgan fingerprint density at radius 1 is 1.21 bits per heavy atom. The van der Waals surface area contributed by atoms with Gasteiger partial charge in [-0.1, -0.05) is 24.3 Å². The molecule has 3 heterocycles. The molecule has 4 rings (SSSR count). The summed E-state index contributed by atoms with van der Waals surface area (Å²) in [5, 5.41) is 12.5. The molecule has 0 saturated carbocycles. The first kappa shape index (κ1) is 19.2. The summed E-state index contributed by atoms with van der Waals surface area (Å²) in [5.74, 6) is 0.0813. The van der Waals surface area contributed by atoms with Gasteiger partial charge in [-0.25, -0.2) is 0 Å². The number of fused-ring (bicyclic) bond motifs is 1. The summed E-state index contributed by atoms with van der Waals surface area (Å²) in [7, 11) is 3.65. The Morgan fingerprint density at radius 3 is 2.59 bits per heavy atom. The monoisotopic (exact) mass is 406 g/mol. The second-order valence-corrected chi connectivity index (χ2v) is 8.28. The van der Waals surface area contributed by atoms with E-state index in [0.717, 1.165) is 28.6 Å². The molecule has 1 aliphatic rings. The van der Waals surface area contributed by atoms with Crippen LogP contribution in [0.1, 0.15) is 28.1 Å². The quantitative estimate of drug-likeness (QED) is 0.670. The molecular weight excluding hydrogens is 384 g/mol. The number of hydrogen-bond acceptors (Lipinski definition) is 5. The fourth-order valence-electron chi connectivity index (χ4n) is 4.14. The maximum atomic E-state index is 12.8. The Kier molecular flexibility index (Phi) is 5.12. The zero-order valence-electron chi connectivity index (χ0n) is 16.5. The van der Waals surface area contributed by atoms with Crippen LogP contribution in [0.3, 0.4) is 0 Å². The maximum absolute atomic E-state index is 12.8. The number of rotatable bonds is 3. The molecule has 0 N–H and O–H groups in total. The first-order chi connectivity index (χ1) is 14.0. The SMILES string of the molecule is CN(c1c(C#N)c(=O)n(C)c2ccccc12)C1CCN(C(=O)c2cccs2)CC1. The molecule has 1 amide bonds. The number of thiophene rings is 1. The van der Waals surface area contributed by atoms with E-state index in [9.17, 15) is 14.9 Å². The molecule has 148 valence electrons. The fraction of sp³-hybridized carbons (Fsp3) is 0.318. The topological polar surface area (TPSA) is 69.3 Å². The van der Waals surface area contributed by atoms with Crippen LogP contribution < -0.4 is 10.5 Å². The number of nitriles is 1. The molecule has 0 radical (unpaired) electrons. The van der Waals surface area contributed by atoms with Crippen LogP contribution in [0.2, 0.25) is 0 Å². The van der Waals surface area contributed by atoms with Gasteiger partial charge in [0.1, 0.15) is 11.6 Å². The molecule has 2 aromatic heterocycles. The van der Waals surface area contributed by atoms with Gasteiger partial charge >= 0.3 is 0 Å². The molecule has 0 bridgehead atoms. The predicted octanol–water partition coefficient (Wildman–Crippen LogP) is 3.21. The number of benzene rings is 1. The van der Waals surface area contributed by atoms with Crippen molar-refractivity contribution in [3.8, 4) is 6.07 Å². The Labute approximate surface area is 173 Å². The van der Waals surface area contributed by atoms with Crippen molar-refractivity contribution >= 4 is 33.8 Å². The fourth-order valence-corrected chi connectivity index (χ4v) is 4.83. The lowest BCUT2D eigenvalue weighted by Gasteiger charge is -2.38. The van der Waals surface area contributed by atoms with Crippen molar-refractivity contribution in [1.82, 2.24) is 9.47 Å². The van der Waals surface area contributed by atoms with E-state index < -0.39 is 0 Å². The lowest BCUT2D eigenvalue weighted by molar-refractivity contribution is 0.0718. The summed E-state index contributed by atoms with van der Waals surface area (Å²) >= 11 is 1.46. The first-order valence-electron chi connectivity index (χ1n) is 9.60. The molecule has 1 fully saturated rings. The number of amides is 1. The van der Waals surface area contributed by atoms with Gasteiger partial charge in [-0.2, -0.15) is 5.26 Å². The summed E-state index contributed by atoms with van der Waals surface area (Å²) in [4.78, 5) is 30.1. The third-order valence-electron chi connectivity index (χ3n) is 5.77. The number of hydrogen-bond donors (Lipinski definition) is 0. The van der Waals surface area contributed by atoms with Crippen LogP contribution in [0.15, 0.2) is 46.6 Å². The average molecular weight is 407 g/mol. The van der Waals surface area contributed by atoms with Crippen LogP contribution in [0.4, 0.5) is 5.69 Å². The van der Waals surface area contributed by atoms with E-state index in [2.05, 4.69) is 11.0 Å². The molecule has 7 heteroatoms. The smallest absolute Gasteiger partial charge is 0.270 e. The number of nitrogens with zero attached hydrogens (tertiary/aromatic N) is 4. The number of aromatic nitrogens is 1.